The van der Waals surface area contributed by atoms with Crippen LogP contribution in [0.4, 0.5) is 5.69 Å². The number of carbonyl (C=O) groups is 1. The van der Waals surface area contributed by atoms with Gasteiger partial charge in [0.2, 0.25) is 5.91 Å². The molecule has 0 radical (unpaired) electrons. The fourth-order valence-corrected chi connectivity index (χ4v) is 5.98. The number of hydrogen-bond donors (Lipinski definition) is 0. The van der Waals surface area contributed by atoms with E-state index in [4.69, 9.17) is 0 Å². The zero-order chi connectivity index (χ0) is 17.8. The third-order valence-electron chi connectivity index (χ3n) is 6.14. The molecule has 0 bridgehead atoms. The molecular formula is C20H30N4OS. The number of pyridine rings is 1. The van der Waals surface area contributed by atoms with Gasteiger partial charge in [-0.1, -0.05) is 12.8 Å². The summed E-state index contributed by atoms with van der Waals surface area (Å²) in [6.45, 7) is 6.55. The Labute approximate surface area is 161 Å². The Hall–Kier alpha value is -1.27. The van der Waals surface area contributed by atoms with Gasteiger partial charge < -0.3 is 9.80 Å². The fraction of sp³-hybridized carbons (Fsp3) is 0.700. The topological polar surface area (TPSA) is 39.7 Å². The van der Waals surface area contributed by atoms with Gasteiger partial charge >= 0.3 is 0 Å². The minimum atomic E-state index is -0.0245. The van der Waals surface area contributed by atoms with E-state index in [1.54, 1.807) is 0 Å². The lowest BCUT2D eigenvalue weighted by atomic mass is 10.1. The summed E-state index contributed by atoms with van der Waals surface area (Å²) in [6.07, 6.45) is 10.7. The number of rotatable bonds is 6. The molecule has 1 aliphatic carbocycles. The monoisotopic (exact) mass is 374 g/mol. The van der Waals surface area contributed by atoms with Crippen molar-refractivity contribution in [3.05, 3.63) is 24.5 Å². The number of nitrogens with zero attached hydrogens (tertiary/aromatic N) is 4. The normalized spacial score (nSPS) is 23.3. The molecule has 0 unspecified atom stereocenters. The molecule has 142 valence electrons. The zero-order valence-electron chi connectivity index (χ0n) is 15.6. The van der Waals surface area contributed by atoms with Crippen molar-refractivity contribution >= 4 is 23.4 Å². The second kappa shape index (κ2) is 8.17. The van der Waals surface area contributed by atoms with Crippen LogP contribution in [0, 0.1) is 0 Å². The standard InChI is InChI=1S/C20H30N4OS/c25-19-20(7-1-2-8-20)26-17-24(19)12-4-3-11-22-13-15-23(16-14-22)18-5-9-21-10-6-18/h5-6,9-10H,1-4,7-8,11-17H2. The molecule has 1 amide bonds. The van der Waals surface area contributed by atoms with E-state index in [0.717, 1.165) is 64.4 Å². The molecule has 2 aliphatic heterocycles. The lowest BCUT2D eigenvalue weighted by Gasteiger charge is -2.36. The molecular weight excluding hydrogens is 344 g/mol. The van der Waals surface area contributed by atoms with Gasteiger partial charge in [-0.3, -0.25) is 14.7 Å². The van der Waals surface area contributed by atoms with Gasteiger partial charge in [-0.25, -0.2) is 0 Å². The van der Waals surface area contributed by atoms with Gasteiger partial charge in [0.1, 0.15) is 0 Å². The Kier molecular flexibility index (Phi) is 5.69. The SMILES string of the molecule is O=C1N(CCCCN2CCN(c3ccncc3)CC2)CSC12CCCC2. The maximum absolute atomic E-state index is 12.7. The summed E-state index contributed by atoms with van der Waals surface area (Å²) < 4.78 is -0.0245. The third-order valence-corrected chi connectivity index (χ3v) is 7.71. The van der Waals surface area contributed by atoms with E-state index in [9.17, 15) is 4.79 Å². The number of thioether (sulfide) groups is 1. The number of amides is 1. The van der Waals surface area contributed by atoms with Gasteiger partial charge in [-0.2, -0.15) is 0 Å². The molecule has 3 fully saturated rings. The number of aromatic nitrogens is 1. The van der Waals surface area contributed by atoms with Crippen molar-refractivity contribution in [1.82, 2.24) is 14.8 Å². The van der Waals surface area contributed by atoms with Gasteiger partial charge in [0.15, 0.2) is 0 Å². The second-order valence-corrected chi connectivity index (χ2v) is 9.11. The fourth-order valence-electron chi connectivity index (χ4n) is 4.50. The Bertz CT molecular complexity index is 597. The highest BCUT2D eigenvalue weighted by Crippen LogP contribution is 2.47. The highest BCUT2D eigenvalue weighted by atomic mass is 32.2. The first kappa shape index (κ1) is 18.1. The van der Waals surface area contributed by atoms with Crippen molar-refractivity contribution in [2.24, 2.45) is 0 Å². The molecule has 3 aliphatic rings. The van der Waals surface area contributed by atoms with Crippen LogP contribution in [0.2, 0.25) is 0 Å². The first-order valence-electron chi connectivity index (χ1n) is 10.1. The molecule has 1 aromatic heterocycles. The van der Waals surface area contributed by atoms with Crippen molar-refractivity contribution < 1.29 is 4.79 Å². The Morgan fingerprint density at radius 1 is 1.00 bits per heavy atom. The zero-order valence-corrected chi connectivity index (χ0v) is 16.4. The maximum atomic E-state index is 12.7. The predicted molar refractivity (Wildman–Crippen MR) is 107 cm³/mol. The van der Waals surface area contributed by atoms with Gasteiger partial charge in [0, 0.05) is 50.8 Å². The predicted octanol–water partition coefficient (Wildman–Crippen LogP) is 2.83. The number of unbranched alkanes of at least 4 members (excludes halogenated alkanes) is 1. The summed E-state index contributed by atoms with van der Waals surface area (Å²) in [6, 6.07) is 4.19. The lowest BCUT2D eigenvalue weighted by molar-refractivity contribution is -0.131. The van der Waals surface area contributed by atoms with Crippen LogP contribution in [0.25, 0.3) is 0 Å². The first-order valence-corrected chi connectivity index (χ1v) is 11.1. The van der Waals surface area contributed by atoms with E-state index in [-0.39, 0.29) is 4.75 Å². The Morgan fingerprint density at radius 3 is 2.42 bits per heavy atom. The van der Waals surface area contributed by atoms with Crippen molar-refractivity contribution in [3.63, 3.8) is 0 Å². The minimum absolute atomic E-state index is 0.0245. The molecule has 6 heteroatoms. The van der Waals surface area contributed by atoms with Crippen molar-refractivity contribution in [3.8, 4) is 0 Å². The molecule has 0 aromatic carbocycles. The van der Waals surface area contributed by atoms with Crippen LogP contribution in [0.1, 0.15) is 38.5 Å². The van der Waals surface area contributed by atoms with Crippen LogP contribution in [-0.4, -0.2) is 70.6 Å². The van der Waals surface area contributed by atoms with Crippen molar-refractivity contribution in [1.29, 1.82) is 0 Å². The average molecular weight is 375 g/mol. The molecule has 5 nitrogen and oxygen atoms in total. The lowest BCUT2D eigenvalue weighted by Crippen LogP contribution is -2.46. The second-order valence-electron chi connectivity index (χ2n) is 7.78. The third kappa shape index (κ3) is 3.86. The van der Waals surface area contributed by atoms with Crippen LogP contribution in [0.15, 0.2) is 24.5 Å². The number of hydrogen-bond acceptors (Lipinski definition) is 5. The summed E-state index contributed by atoms with van der Waals surface area (Å²) in [7, 11) is 0. The highest BCUT2D eigenvalue weighted by molar-refractivity contribution is 8.01. The largest absolute Gasteiger partial charge is 0.369 e. The van der Waals surface area contributed by atoms with Crippen molar-refractivity contribution in [2.45, 2.75) is 43.3 Å². The number of anilines is 1. The highest BCUT2D eigenvalue weighted by Gasteiger charge is 2.48. The summed E-state index contributed by atoms with van der Waals surface area (Å²) >= 11 is 1.91. The molecule has 1 aromatic rings. The van der Waals surface area contributed by atoms with Gasteiger partial charge in [-0.15, -0.1) is 11.8 Å². The van der Waals surface area contributed by atoms with Crippen molar-refractivity contribution in [2.75, 3.05) is 50.0 Å². The first-order chi connectivity index (χ1) is 12.8. The smallest absolute Gasteiger partial charge is 0.239 e. The number of carbonyl (C=O) groups excluding carboxylic acids is 1. The quantitative estimate of drug-likeness (QED) is 0.716. The van der Waals surface area contributed by atoms with Crippen LogP contribution in [0.3, 0.4) is 0 Å². The summed E-state index contributed by atoms with van der Waals surface area (Å²) in [4.78, 5) is 23.9. The molecule has 26 heavy (non-hydrogen) atoms. The van der Waals surface area contributed by atoms with Crippen LogP contribution in [-0.2, 0) is 4.79 Å². The van der Waals surface area contributed by atoms with Gasteiger partial charge in [0.25, 0.3) is 0 Å². The number of piperazine rings is 1. The molecule has 3 heterocycles. The molecule has 1 spiro atoms. The molecule has 2 saturated heterocycles. The van der Waals surface area contributed by atoms with E-state index in [1.165, 1.54) is 24.9 Å². The van der Waals surface area contributed by atoms with E-state index in [1.807, 2.05) is 24.2 Å². The Morgan fingerprint density at radius 2 is 1.69 bits per heavy atom. The molecule has 0 atom stereocenters. The average Bonchev–Trinajstić information content (AvgIpc) is 3.29. The van der Waals surface area contributed by atoms with Gasteiger partial charge in [-0.05, 0) is 44.4 Å². The van der Waals surface area contributed by atoms with Gasteiger partial charge in [0.05, 0.1) is 10.6 Å². The van der Waals surface area contributed by atoms with E-state index in [0.29, 0.717) is 5.91 Å². The summed E-state index contributed by atoms with van der Waals surface area (Å²) in [5.74, 6) is 1.36. The van der Waals surface area contributed by atoms with E-state index < -0.39 is 0 Å². The summed E-state index contributed by atoms with van der Waals surface area (Å²) in [5.41, 5.74) is 1.28. The maximum Gasteiger partial charge on any atom is 0.239 e. The summed E-state index contributed by atoms with van der Waals surface area (Å²) in [5, 5.41) is 0. The van der Waals surface area contributed by atoms with E-state index >= 15 is 0 Å². The van der Waals surface area contributed by atoms with Crippen LogP contribution < -0.4 is 4.90 Å². The van der Waals surface area contributed by atoms with Crippen LogP contribution >= 0.6 is 11.8 Å². The van der Waals surface area contributed by atoms with E-state index in [2.05, 4.69) is 31.8 Å². The molecule has 0 N–H and O–H groups in total. The molecule has 4 rings (SSSR count). The Balaban J connectivity index is 1.14. The molecule has 1 saturated carbocycles. The van der Waals surface area contributed by atoms with Crippen LogP contribution in [0.5, 0.6) is 0 Å². The minimum Gasteiger partial charge on any atom is -0.369 e.